The number of hydrogen-bond donors (Lipinski definition) is 4. The molecule has 0 saturated heterocycles. The number of Topliss-reactive ketones (excluding diaryl/α,β-unsaturated/α-hetero) is 1. The second-order valence-electron chi connectivity index (χ2n) is 11.1. The topological polar surface area (TPSA) is 164 Å². The fraction of sp³-hybridized carbons (Fsp3) is 0.760. The summed E-state index contributed by atoms with van der Waals surface area (Å²) in [5, 5.41) is 52.8. The van der Waals surface area contributed by atoms with Crippen LogP contribution in [0.3, 0.4) is 0 Å². The van der Waals surface area contributed by atoms with Crippen LogP contribution in [0.2, 0.25) is 0 Å². The van der Waals surface area contributed by atoms with Crippen molar-refractivity contribution >= 4 is 34.8 Å². The van der Waals surface area contributed by atoms with E-state index in [0.29, 0.717) is 19.3 Å². The van der Waals surface area contributed by atoms with Crippen LogP contribution in [0, 0.1) is 28.6 Å². The van der Waals surface area contributed by atoms with Crippen LogP contribution < -0.4 is 34.7 Å². The number of rotatable bonds is 6. The summed E-state index contributed by atoms with van der Waals surface area (Å²) in [5.74, 6) is -2.96. The van der Waals surface area contributed by atoms with Crippen molar-refractivity contribution in [1.29, 1.82) is 0 Å². The second-order valence-corrected chi connectivity index (χ2v) is 11.6. The van der Waals surface area contributed by atoms with Crippen molar-refractivity contribution in [3.8, 4) is 0 Å². The SMILES string of the molecule is C[C@]12C[C@H](O)[C@H]3[C@@H](CCC4=CC(=O)CC(OC(=S)CC(O)C(=O)[O-])[C@@]43C)[C@@H]1CC[C@]2(O)C(=O)CO.[Na+]. The van der Waals surface area contributed by atoms with E-state index in [-0.39, 0.29) is 77.4 Å². The molecule has 0 aliphatic heterocycles. The Morgan fingerprint density at radius 3 is 2.58 bits per heavy atom. The van der Waals surface area contributed by atoms with Crippen molar-refractivity contribution in [2.24, 2.45) is 28.6 Å². The molecule has 11 heteroatoms. The number of hydrogen-bond acceptors (Lipinski definition) is 10. The Hall–Kier alpha value is -0.720. The summed E-state index contributed by atoms with van der Waals surface area (Å²) in [5.41, 5.74) is -2.57. The molecule has 4 aliphatic carbocycles. The van der Waals surface area contributed by atoms with Crippen LogP contribution in [0.1, 0.15) is 58.8 Å². The van der Waals surface area contributed by atoms with Crippen molar-refractivity contribution in [1.82, 2.24) is 0 Å². The molecule has 0 aromatic heterocycles. The van der Waals surface area contributed by atoms with Gasteiger partial charge in [0.05, 0.1) is 12.1 Å². The molecule has 0 radical (unpaired) electrons. The average molecular weight is 533 g/mol. The fourth-order valence-electron chi connectivity index (χ4n) is 7.91. The van der Waals surface area contributed by atoms with Gasteiger partial charge >= 0.3 is 29.6 Å². The summed E-state index contributed by atoms with van der Waals surface area (Å²) < 4.78 is 5.96. The zero-order valence-electron chi connectivity index (χ0n) is 20.9. The van der Waals surface area contributed by atoms with Gasteiger partial charge in [-0.05, 0) is 62.2 Å². The van der Waals surface area contributed by atoms with Crippen molar-refractivity contribution < 1.29 is 74.2 Å². The molecular formula is C25H33NaO9S. The number of ketones is 2. The molecule has 9 nitrogen and oxygen atoms in total. The third-order valence-corrected chi connectivity index (χ3v) is 9.90. The van der Waals surface area contributed by atoms with E-state index in [9.17, 15) is 39.9 Å². The molecule has 0 amide bonds. The van der Waals surface area contributed by atoms with Crippen LogP contribution in [0.25, 0.3) is 0 Å². The monoisotopic (exact) mass is 532 g/mol. The molecule has 0 spiro atoms. The van der Waals surface area contributed by atoms with Crippen LogP contribution in [-0.4, -0.2) is 73.5 Å². The first-order chi connectivity index (χ1) is 16.3. The van der Waals surface area contributed by atoms with Gasteiger partial charge in [0.1, 0.15) is 24.4 Å². The van der Waals surface area contributed by atoms with Gasteiger partial charge in [0.25, 0.3) is 0 Å². The number of carboxylic acid groups (broad SMARTS) is 1. The van der Waals surface area contributed by atoms with Crippen molar-refractivity contribution in [3.63, 3.8) is 0 Å². The van der Waals surface area contributed by atoms with Gasteiger partial charge < -0.3 is 35.1 Å². The first-order valence-electron chi connectivity index (χ1n) is 12.2. The van der Waals surface area contributed by atoms with E-state index in [2.05, 4.69) is 0 Å². The average Bonchev–Trinajstić information content (AvgIpc) is 3.04. The summed E-state index contributed by atoms with van der Waals surface area (Å²) in [6, 6.07) is 0. The molecule has 0 heterocycles. The van der Waals surface area contributed by atoms with Gasteiger partial charge in [-0.15, -0.1) is 0 Å². The minimum Gasteiger partial charge on any atom is -0.547 e. The molecule has 0 aromatic rings. The largest absolute Gasteiger partial charge is 1.00 e. The first kappa shape index (κ1) is 29.8. The predicted molar refractivity (Wildman–Crippen MR) is 124 cm³/mol. The number of carboxylic acids is 1. The number of ether oxygens (including phenoxy) is 1. The molecule has 2 unspecified atom stereocenters. The predicted octanol–water partition coefficient (Wildman–Crippen LogP) is -3.39. The molecule has 0 bridgehead atoms. The molecular weight excluding hydrogens is 499 g/mol. The Balaban J connectivity index is 0.00000361. The minimum atomic E-state index is -1.83. The van der Waals surface area contributed by atoms with Crippen LogP contribution in [0.5, 0.6) is 0 Å². The maximum absolute atomic E-state index is 12.6. The second kappa shape index (κ2) is 10.4. The number of fused-ring (bicyclic) bond motifs is 5. The Labute approximate surface area is 237 Å². The summed E-state index contributed by atoms with van der Waals surface area (Å²) in [4.78, 5) is 36.0. The number of carbonyl (C=O) groups excluding carboxylic acids is 3. The van der Waals surface area contributed by atoms with E-state index in [1.165, 1.54) is 0 Å². The molecule has 9 atom stereocenters. The Bertz CT molecular complexity index is 985. The summed E-state index contributed by atoms with van der Waals surface area (Å²) >= 11 is 5.19. The Morgan fingerprint density at radius 1 is 1.31 bits per heavy atom. The molecule has 194 valence electrons. The quantitative estimate of drug-likeness (QED) is 0.200. The fourth-order valence-corrected chi connectivity index (χ4v) is 8.18. The molecule has 4 aliphatic rings. The molecule has 36 heavy (non-hydrogen) atoms. The van der Waals surface area contributed by atoms with Gasteiger partial charge in [0.2, 0.25) is 0 Å². The van der Waals surface area contributed by atoms with E-state index in [1.807, 2.05) is 13.8 Å². The van der Waals surface area contributed by atoms with Crippen LogP contribution in [-0.2, 0) is 19.1 Å². The number of aliphatic hydroxyl groups excluding tert-OH is 3. The van der Waals surface area contributed by atoms with Crippen molar-refractivity contribution in [3.05, 3.63) is 11.6 Å². The third-order valence-electron chi connectivity index (χ3n) is 9.64. The van der Waals surface area contributed by atoms with Gasteiger partial charge in [-0.25, -0.2) is 0 Å². The number of carbonyl (C=O) groups is 3. The molecule has 0 aromatic carbocycles. The normalized spacial score (nSPS) is 42.1. The van der Waals surface area contributed by atoms with Gasteiger partial charge in [-0.3, -0.25) is 9.59 Å². The van der Waals surface area contributed by atoms with E-state index in [1.54, 1.807) is 6.08 Å². The van der Waals surface area contributed by atoms with Crippen molar-refractivity contribution in [2.75, 3.05) is 6.61 Å². The van der Waals surface area contributed by atoms with Gasteiger partial charge in [0.15, 0.2) is 16.6 Å². The standard InChI is InChI=1S/C25H34O9S.Na/c1-23-10-17(29)21-14(15(23)5-6-25(23,33)18(30)11-26)4-3-12-7-13(27)8-19(24(12,21)2)34-20(35)9-16(28)22(31)32;/h7,14-17,19,21,26,28-29,33H,3-6,8-11H2,1-2H3,(H,31,32);/q;+1/p-1/t14-,15-,16?,17-,19?,21+,23-,24+,25-;/m0./s1. The van der Waals surface area contributed by atoms with Gasteiger partial charge in [0, 0.05) is 29.6 Å². The molecule has 3 fully saturated rings. The molecule has 4 rings (SSSR count). The Morgan fingerprint density at radius 2 is 1.97 bits per heavy atom. The van der Waals surface area contributed by atoms with E-state index in [0.717, 1.165) is 5.57 Å². The maximum atomic E-state index is 12.6. The Kier molecular flexibility index (Phi) is 8.66. The van der Waals surface area contributed by atoms with Crippen molar-refractivity contribution in [2.45, 2.75) is 82.7 Å². The summed E-state index contributed by atoms with van der Waals surface area (Å²) in [6.07, 6.45) is -0.189. The van der Waals surface area contributed by atoms with Crippen LogP contribution in [0.15, 0.2) is 11.6 Å². The molecule has 4 N–H and O–H groups in total. The number of aliphatic hydroxyl groups is 4. The number of aliphatic carboxylic acids is 1. The van der Waals surface area contributed by atoms with Crippen LogP contribution in [0.4, 0.5) is 0 Å². The van der Waals surface area contributed by atoms with E-state index >= 15 is 0 Å². The summed E-state index contributed by atoms with van der Waals surface area (Å²) in [7, 11) is 0. The van der Waals surface area contributed by atoms with Gasteiger partial charge in [-0.1, -0.05) is 19.4 Å². The van der Waals surface area contributed by atoms with Crippen LogP contribution >= 0.6 is 12.2 Å². The first-order valence-corrected chi connectivity index (χ1v) is 12.6. The zero-order valence-corrected chi connectivity index (χ0v) is 23.8. The number of thiocarbonyl (C=S) groups is 1. The summed E-state index contributed by atoms with van der Waals surface area (Å²) in [6.45, 7) is 2.98. The van der Waals surface area contributed by atoms with E-state index in [4.69, 9.17) is 17.0 Å². The zero-order chi connectivity index (χ0) is 25.9. The smallest absolute Gasteiger partial charge is 0.547 e. The maximum Gasteiger partial charge on any atom is 1.00 e. The minimum absolute atomic E-state index is 0. The molecule has 3 saturated carbocycles. The van der Waals surface area contributed by atoms with E-state index < -0.39 is 59.5 Å². The third kappa shape index (κ3) is 4.45. The van der Waals surface area contributed by atoms with Gasteiger partial charge in [-0.2, -0.15) is 0 Å².